The molecule has 1 aliphatic heterocycles. The summed E-state index contributed by atoms with van der Waals surface area (Å²) >= 11 is 0. The van der Waals surface area contributed by atoms with E-state index in [2.05, 4.69) is 15.4 Å². The summed E-state index contributed by atoms with van der Waals surface area (Å²) < 4.78 is 4.60. The number of carbonyl (C=O) groups excluding carboxylic acids is 3. The molecule has 0 aromatic carbocycles. The Balaban J connectivity index is 2.54. The average Bonchev–Trinajstić information content (AvgIpc) is 2.28. The predicted octanol–water partition coefficient (Wildman–Crippen LogP) is -0.420. The van der Waals surface area contributed by atoms with E-state index in [0.29, 0.717) is 19.4 Å². The van der Waals surface area contributed by atoms with Gasteiger partial charge in [0, 0.05) is 13.0 Å². The largest absolute Gasteiger partial charge is 0.467 e. The van der Waals surface area contributed by atoms with Gasteiger partial charge in [-0.15, -0.1) is 0 Å². The minimum Gasteiger partial charge on any atom is -0.467 e. The van der Waals surface area contributed by atoms with Crippen LogP contribution < -0.4 is 10.6 Å². The number of ether oxygens (including phenoxy) is 1. The highest BCUT2D eigenvalue weighted by molar-refractivity contribution is 5.89. The van der Waals surface area contributed by atoms with Crippen LogP contribution in [0, 0.1) is 5.92 Å². The van der Waals surface area contributed by atoms with E-state index >= 15 is 0 Å². The van der Waals surface area contributed by atoms with Gasteiger partial charge in [0.25, 0.3) is 0 Å². The number of hydrogen-bond acceptors (Lipinski definition) is 4. The number of esters is 1. The smallest absolute Gasteiger partial charge is 0.330 e. The van der Waals surface area contributed by atoms with Gasteiger partial charge in [0.2, 0.25) is 11.8 Å². The lowest BCUT2D eigenvalue weighted by molar-refractivity contribution is -0.150. The molecule has 0 spiro atoms. The van der Waals surface area contributed by atoms with E-state index < -0.39 is 11.5 Å². The summed E-state index contributed by atoms with van der Waals surface area (Å²) in [5, 5.41) is 5.25. The molecule has 6 nitrogen and oxygen atoms in total. The van der Waals surface area contributed by atoms with Gasteiger partial charge >= 0.3 is 5.97 Å². The maximum Gasteiger partial charge on any atom is 0.330 e. The lowest BCUT2D eigenvalue weighted by Crippen LogP contribution is -2.54. The van der Waals surface area contributed by atoms with Crippen LogP contribution in [-0.2, 0) is 19.1 Å². The third-order valence-corrected chi connectivity index (χ3v) is 2.77. The van der Waals surface area contributed by atoms with E-state index in [4.69, 9.17) is 0 Å². The van der Waals surface area contributed by atoms with Gasteiger partial charge in [-0.1, -0.05) is 0 Å². The molecule has 0 aromatic heterocycles. The van der Waals surface area contributed by atoms with Crippen LogP contribution in [0.15, 0.2) is 0 Å². The standard InChI is InChI=1S/C11H18N2O4/c1-11(2,10(16)17-3)13-9(15)7-4-5-8(14)12-6-7/h7H,4-6H2,1-3H3,(H,12,14)(H,13,15). The van der Waals surface area contributed by atoms with Crippen LogP contribution in [0.3, 0.4) is 0 Å². The van der Waals surface area contributed by atoms with Crippen LogP contribution in [0.4, 0.5) is 0 Å². The summed E-state index contributed by atoms with van der Waals surface area (Å²) in [7, 11) is 1.27. The zero-order valence-electron chi connectivity index (χ0n) is 10.3. The first kappa shape index (κ1) is 13.5. The van der Waals surface area contributed by atoms with E-state index in [9.17, 15) is 14.4 Å². The summed E-state index contributed by atoms with van der Waals surface area (Å²) in [4.78, 5) is 34.2. The molecular formula is C11H18N2O4. The summed E-state index contributed by atoms with van der Waals surface area (Å²) in [5.74, 6) is -1.05. The lowest BCUT2D eigenvalue weighted by atomic mass is 9.96. The molecule has 2 amide bonds. The van der Waals surface area contributed by atoms with Crippen LogP contribution in [0.2, 0.25) is 0 Å². The zero-order valence-corrected chi connectivity index (χ0v) is 10.3. The topological polar surface area (TPSA) is 84.5 Å². The summed E-state index contributed by atoms with van der Waals surface area (Å²) in [6.07, 6.45) is 0.853. The van der Waals surface area contributed by atoms with Crippen LogP contribution >= 0.6 is 0 Å². The van der Waals surface area contributed by atoms with Crippen LogP contribution in [0.25, 0.3) is 0 Å². The fourth-order valence-electron chi connectivity index (χ4n) is 1.67. The number of rotatable bonds is 3. The maximum atomic E-state index is 11.9. The molecule has 1 atom stereocenters. The summed E-state index contributed by atoms with van der Waals surface area (Å²) in [5.41, 5.74) is -1.05. The Labute approximate surface area is 100 Å². The number of amides is 2. The molecule has 1 saturated heterocycles. The quantitative estimate of drug-likeness (QED) is 0.658. The fourth-order valence-corrected chi connectivity index (χ4v) is 1.67. The van der Waals surface area contributed by atoms with E-state index in [-0.39, 0.29) is 17.7 Å². The number of carbonyl (C=O) groups is 3. The van der Waals surface area contributed by atoms with Crippen molar-refractivity contribution in [1.82, 2.24) is 10.6 Å². The van der Waals surface area contributed by atoms with Crippen molar-refractivity contribution in [3.8, 4) is 0 Å². The van der Waals surface area contributed by atoms with E-state index in [0.717, 1.165) is 0 Å². The number of hydrogen-bond donors (Lipinski definition) is 2. The summed E-state index contributed by atoms with van der Waals surface area (Å²) in [6, 6.07) is 0. The highest BCUT2D eigenvalue weighted by Gasteiger charge is 2.34. The third kappa shape index (κ3) is 3.44. The van der Waals surface area contributed by atoms with Crippen LogP contribution in [-0.4, -0.2) is 37.0 Å². The van der Waals surface area contributed by atoms with Crippen molar-refractivity contribution in [3.05, 3.63) is 0 Å². The Kier molecular flexibility index (Phi) is 4.09. The Morgan fingerprint density at radius 2 is 2.12 bits per heavy atom. The molecule has 1 rings (SSSR count). The molecule has 0 aliphatic carbocycles. The molecular weight excluding hydrogens is 224 g/mol. The first-order valence-electron chi connectivity index (χ1n) is 5.54. The van der Waals surface area contributed by atoms with E-state index in [1.807, 2.05) is 0 Å². The molecule has 0 aromatic rings. The minimum absolute atomic E-state index is 0.0405. The van der Waals surface area contributed by atoms with Gasteiger partial charge in [-0.2, -0.15) is 0 Å². The average molecular weight is 242 g/mol. The fraction of sp³-hybridized carbons (Fsp3) is 0.727. The minimum atomic E-state index is -1.05. The van der Waals surface area contributed by atoms with Gasteiger partial charge in [0.05, 0.1) is 13.0 Å². The SMILES string of the molecule is COC(=O)C(C)(C)NC(=O)C1CCC(=O)NC1. The number of nitrogens with one attached hydrogen (secondary N) is 2. The second kappa shape index (κ2) is 5.16. The van der Waals surface area contributed by atoms with Crippen molar-refractivity contribution in [3.63, 3.8) is 0 Å². The maximum absolute atomic E-state index is 11.9. The Morgan fingerprint density at radius 1 is 1.47 bits per heavy atom. The number of piperidine rings is 1. The van der Waals surface area contributed by atoms with Crippen LogP contribution in [0.5, 0.6) is 0 Å². The van der Waals surface area contributed by atoms with Gasteiger partial charge in [0.15, 0.2) is 0 Å². The van der Waals surface area contributed by atoms with Crippen molar-refractivity contribution in [2.75, 3.05) is 13.7 Å². The molecule has 0 saturated carbocycles. The predicted molar refractivity (Wildman–Crippen MR) is 60.0 cm³/mol. The second-order valence-corrected chi connectivity index (χ2v) is 4.65. The molecule has 1 heterocycles. The normalized spacial score (nSPS) is 20.4. The van der Waals surface area contributed by atoms with Crippen molar-refractivity contribution in [2.45, 2.75) is 32.2 Å². The number of methoxy groups -OCH3 is 1. The Hall–Kier alpha value is -1.59. The lowest BCUT2D eigenvalue weighted by Gasteiger charge is -2.28. The first-order valence-corrected chi connectivity index (χ1v) is 5.54. The molecule has 2 N–H and O–H groups in total. The zero-order chi connectivity index (χ0) is 13.1. The highest BCUT2D eigenvalue weighted by Crippen LogP contribution is 2.13. The molecule has 17 heavy (non-hydrogen) atoms. The molecule has 0 radical (unpaired) electrons. The Bertz CT molecular complexity index is 328. The Morgan fingerprint density at radius 3 is 2.59 bits per heavy atom. The van der Waals surface area contributed by atoms with Gasteiger partial charge < -0.3 is 15.4 Å². The second-order valence-electron chi connectivity index (χ2n) is 4.65. The summed E-state index contributed by atoms with van der Waals surface area (Å²) in [6.45, 7) is 3.48. The molecule has 0 bridgehead atoms. The van der Waals surface area contributed by atoms with Gasteiger partial charge in [-0.3, -0.25) is 9.59 Å². The van der Waals surface area contributed by atoms with Crippen molar-refractivity contribution >= 4 is 17.8 Å². The van der Waals surface area contributed by atoms with Gasteiger partial charge in [-0.25, -0.2) is 4.79 Å². The highest BCUT2D eigenvalue weighted by atomic mass is 16.5. The molecule has 96 valence electrons. The van der Waals surface area contributed by atoms with Crippen LogP contribution in [0.1, 0.15) is 26.7 Å². The van der Waals surface area contributed by atoms with E-state index in [1.165, 1.54) is 7.11 Å². The van der Waals surface area contributed by atoms with Gasteiger partial charge in [-0.05, 0) is 20.3 Å². The monoisotopic (exact) mass is 242 g/mol. The van der Waals surface area contributed by atoms with Crippen molar-refractivity contribution < 1.29 is 19.1 Å². The molecule has 1 unspecified atom stereocenters. The molecule has 6 heteroatoms. The first-order chi connectivity index (χ1) is 7.86. The third-order valence-electron chi connectivity index (χ3n) is 2.77. The molecule has 1 fully saturated rings. The van der Waals surface area contributed by atoms with E-state index in [1.54, 1.807) is 13.8 Å². The van der Waals surface area contributed by atoms with Crippen molar-refractivity contribution in [2.24, 2.45) is 5.92 Å². The molecule has 1 aliphatic rings. The van der Waals surface area contributed by atoms with Crippen molar-refractivity contribution in [1.29, 1.82) is 0 Å². The van der Waals surface area contributed by atoms with Gasteiger partial charge in [0.1, 0.15) is 5.54 Å².